The molecule has 9 heavy (non-hydrogen) atoms. The van der Waals surface area contributed by atoms with Crippen LogP contribution in [-0.2, 0) is 9.63 Å². The number of nitrogens with two attached hydrogens (primary N) is 1. The van der Waals surface area contributed by atoms with Crippen LogP contribution < -0.4 is 11.2 Å². The number of carbonyl (C=O) groups excluding carboxylic acids is 1. The second-order valence-corrected chi connectivity index (χ2v) is 1.75. The van der Waals surface area contributed by atoms with Gasteiger partial charge in [-0.2, -0.15) is 5.90 Å². The zero-order chi connectivity index (χ0) is 6.69. The lowest BCUT2D eigenvalue weighted by atomic mass is 10.3. The molecule has 3 N–H and O–H groups in total. The van der Waals surface area contributed by atoms with Crippen LogP contribution in [0.4, 0.5) is 0 Å². The molecule has 0 saturated heterocycles. The number of nitrogens with one attached hydrogen (secondary N) is 1. The van der Waals surface area contributed by atoms with Crippen LogP contribution in [0.2, 0.25) is 0 Å². The molecular formula is C5H8N2O2. The van der Waals surface area contributed by atoms with Gasteiger partial charge in [0.05, 0.1) is 0 Å². The standard InChI is InChI=1S/C5H8N2O2/c6-9-5(8)4-2-1-3-7-4/h1-2,4,7H,3,6H2/t4-/m0/s1. The van der Waals surface area contributed by atoms with Gasteiger partial charge < -0.3 is 4.84 Å². The van der Waals surface area contributed by atoms with Crippen LogP contribution in [-0.4, -0.2) is 18.6 Å². The molecule has 0 aromatic carbocycles. The molecule has 0 amide bonds. The first-order valence-corrected chi connectivity index (χ1v) is 2.65. The fourth-order valence-electron chi connectivity index (χ4n) is 0.702. The molecule has 0 unspecified atom stereocenters. The van der Waals surface area contributed by atoms with Crippen molar-refractivity contribution in [1.29, 1.82) is 0 Å². The van der Waals surface area contributed by atoms with Crippen molar-refractivity contribution >= 4 is 5.97 Å². The van der Waals surface area contributed by atoms with Crippen LogP contribution in [0, 0.1) is 0 Å². The summed E-state index contributed by atoms with van der Waals surface area (Å²) in [4.78, 5) is 14.5. The van der Waals surface area contributed by atoms with Crippen LogP contribution in [0.25, 0.3) is 0 Å². The topological polar surface area (TPSA) is 64.3 Å². The highest BCUT2D eigenvalue weighted by molar-refractivity contribution is 5.78. The third kappa shape index (κ3) is 1.28. The van der Waals surface area contributed by atoms with Crippen molar-refractivity contribution in [3.05, 3.63) is 12.2 Å². The summed E-state index contributed by atoms with van der Waals surface area (Å²) in [5.74, 6) is 4.19. The molecule has 1 aliphatic heterocycles. The second kappa shape index (κ2) is 2.61. The van der Waals surface area contributed by atoms with Gasteiger partial charge in [0, 0.05) is 6.54 Å². The zero-order valence-corrected chi connectivity index (χ0v) is 4.83. The van der Waals surface area contributed by atoms with Crippen molar-refractivity contribution < 1.29 is 9.63 Å². The maximum absolute atomic E-state index is 10.6. The summed E-state index contributed by atoms with van der Waals surface area (Å²) in [5.41, 5.74) is 0. The number of hydrogen-bond acceptors (Lipinski definition) is 4. The van der Waals surface area contributed by atoms with Gasteiger partial charge in [-0.25, -0.2) is 4.79 Å². The van der Waals surface area contributed by atoms with Crippen LogP contribution in [0.3, 0.4) is 0 Å². The van der Waals surface area contributed by atoms with Gasteiger partial charge in [0.1, 0.15) is 6.04 Å². The molecule has 0 fully saturated rings. The number of hydrogen-bond donors (Lipinski definition) is 2. The van der Waals surface area contributed by atoms with E-state index in [1.165, 1.54) is 0 Å². The van der Waals surface area contributed by atoms with E-state index in [1.807, 2.05) is 6.08 Å². The van der Waals surface area contributed by atoms with Crippen molar-refractivity contribution in [2.45, 2.75) is 6.04 Å². The summed E-state index contributed by atoms with van der Waals surface area (Å²) in [6.45, 7) is 0.708. The molecule has 1 atom stereocenters. The van der Waals surface area contributed by atoms with E-state index in [9.17, 15) is 4.79 Å². The molecule has 1 rings (SSSR count). The van der Waals surface area contributed by atoms with Crippen molar-refractivity contribution in [1.82, 2.24) is 5.32 Å². The first-order chi connectivity index (χ1) is 4.34. The first-order valence-electron chi connectivity index (χ1n) is 2.65. The smallest absolute Gasteiger partial charge is 0.345 e. The van der Waals surface area contributed by atoms with Gasteiger partial charge >= 0.3 is 5.97 Å². The predicted molar refractivity (Wildman–Crippen MR) is 31.2 cm³/mol. The maximum Gasteiger partial charge on any atom is 0.345 e. The average Bonchev–Trinajstić information content (AvgIpc) is 2.37. The van der Waals surface area contributed by atoms with E-state index in [2.05, 4.69) is 16.1 Å². The van der Waals surface area contributed by atoms with Gasteiger partial charge in [-0.15, -0.1) is 0 Å². The quantitative estimate of drug-likeness (QED) is 0.348. The summed E-state index contributed by atoms with van der Waals surface area (Å²) in [7, 11) is 0. The lowest BCUT2D eigenvalue weighted by Gasteiger charge is -2.03. The highest BCUT2D eigenvalue weighted by Crippen LogP contribution is 1.94. The fraction of sp³-hybridized carbons (Fsp3) is 0.400. The summed E-state index contributed by atoms with van der Waals surface area (Å²) in [6.07, 6.45) is 3.57. The van der Waals surface area contributed by atoms with Crippen LogP contribution >= 0.6 is 0 Å². The molecular weight excluding hydrogens is 120 g/mol. The Morgan fingerprint density at radius 2 is 2.67 bits per heavy atom. The van der Waals surface area contributed by atoms with Gasteiger partial charge in [0.25, 0.3) is 0 Å². The summed E-state index contributed by atoms with van der Waals surface area (Å²) in [6, 6.07) is -0.338. The van der Waals surface area contributed by atoms with Gasteiger partial charge in [-0.3, -0.25) is 5.32 Å². The third-order valence-corrected chi connectivity index (χ3v) is 1.15. The van der Waals surface area contributed by atoms with Gasteiger partial charge in [-0.05, 0) is 0 Å². The van der Waals surface area contributed by atoms with Crippen molar-refractivity contribution in [3.63, 3.8) is 0 Å². The second-order valence-electron chi connectivity index (χ2n) is 1.75. The Kier molecular flexibility index (Phi) is 1.81. The molecule has 0 aromatic rings. The normalized spacial score (nSPS) is 24.3. The molecule has 1 aliphatic rings. The number of rotatable bonds is 1. The van der Waals surface area contributed by atoms with Gasteiger partial charge in [0.15, 0.2) is 0 Å². The molecule has 0 bridgehead atoms. The Morgan fingerprint density at radius 3 is 3.11 bits per heavy atom. The van der Waals surface area contributed by atoms with Gasteiger partial charge in [0.2, 0.25) is 0 Å². The molecule has 4 heteroatoms. The SMILES string of the molecule is NOC(=O)[C@@H]1C=CCN1. The fourth-order valence-corrected chi connectivity index (χ4v) is 0.702. The van der Waals surface area contributed by atoms with E-state index < -0.39 is 5.97 Å². The Balaban J connectivity index is 2.43. The monoisotopic (exact) mass is 128 g/mol. The molecule has 50 valence electrons. The Labute approximate surface area is 52.6 Å². The Morgan fingerprint density at radius 1 is 1.89 bits per heavy atom. The Bertz CT molecular complexity index is 144. The van der Waals surface area contributed by atoms with Crippen LogP contribution in [0.15, 0.2) is 12.2 Å². The van der Waals surface area contributed by atoms with Crippen molar-refractivity contribution in [2.75, 3.05) is 6.54 Å². The molecule has 1 heterocycles. The predicted octanol–water partition coefficient (Wildman–Crippen LogP) is -1.07. The van der Waals surface area contributed by atoms with Crippen LogP contribution in [0.1, 0.15) is 0 Å². The maximum atomic E-state index is 10.6. The molecule has 4 nitrogen and oxygen atoms in total. The minimum Gasteiger partial charge on any atom is -0.372 e. The third-order valence-electron chi connectivity index (χ3n) is 1.15. The molecule has 0 saturated carbocycles. The van der Waals surface area contributed by atoms with Crippen molar-refractivity contribution in [2.24, 2.45) is 5.90 Å². The minimum atomic E-state index is -0.441. The van der Waals surface area contributed by atoms with E-state index in [0.29, 0.717) is 6.54 Å². The van der Waals surface area contributed by atoms with E-state index in [0.717, 1.165) is 0 Å². The largest absolute Gasteiger partial charge is 0.372 e. The Hall–Kier alpha value is -0.870. The van der Waals surface area contributed by atoms with Gasteiger partial charge in [-0.1, -0.05) is 12.2 Å². The average molecular weight is 128 g/mol. The molecule has 0 radical (unpaired) electrons. The number of carbonyl (C=O) groups is 1. The van der Waals surface area contributed by atoms with Crippen LogP contribution in [0.5, 0.6) is 0 Å². The highest BCUT2D eigenvalue weighted by Gasteiger charge is 2.17. The van der Waals surface area contributed by atoms with E-state index in [4.69, 9.17) is 0 Å². The summed E-state index contributed by atoms with van der Waals surface area (Å²) < 4.78 is 0. The molecule has 0 aliphatic carbocycles. The lowest BCUT2D eigenvalue weighted by Crippen LogP contribution is -2.34. The summed E-state index contributed by atoms with van der Waals surface area (Å²) >= 11 is 0. The summed E-state index contributed by atoms with van der Waals surface area (Å²) in [5, 5.41) is 2.84. The lowest BCUT2D eigenvalue weighted by molar-refractivity contribution is -0.145. The highest BCUT2D eigenvalue weighted by atomic mass is 16.7. The van der Waals surface area contributed by atoms with E-state index in [1.54, 1.807) is 6.08 Å². The molecule has 0 aromatic heterocycles. The van der Waals surface area contributed by atoms with E-state index >= 15 is 0 Å². The molecule has 0 spiro atoms. The minimum absolute atomic E-state index is 0.338. The first kappa shape index (κ1) is 6.25. The van der Waals surface area contributed by atoms with Crippen molar-refractivity contribution in [3.8, 4) is 0 Å². The zero-order valence-electron chi connectivity index (χ0n) is 4.83. The van der Waals surface area contributed by atoms with E-state index in [-0.39, 0.29) is 6.04 Å².